The van der Waals surface area contributed by atoms with Gasteiger partial charge in [-0.15, -0.1) is 0 Å². The highest BCUT2D eigenvalue weighted by Crippen LogP contribution is 2.57. The number of fused-ring (bicyclic) bond motifs is 1. The van der Waals surface area contributed by atoms with E-state index in [9.17, 15) is 31.2 Å². The Morgan fingerprint density at radius 3 is 2.35 bits per heavy atom. The molecule has 11 heteroatoms. The third-order valence-corrected chi connectivity index (χ3v) is 8.62. The molecule has 0 unspecified atom stereocenters. The summed E-state index contributed by atoms with van der Waals surface area (Å²) in [5.74, 6) is -0.399. The minimum absolute atomic E-state index is 0.0417. The average Bonchev–Trinajstić information content (AvgIpc) is 3.58. The Labute approximate surface area is 213 Å². The molecule has 3 aliphatic rings. The van der Waals surface area contributed by atoms with E-state index in [2.05, 4.69) is 4.90 Å². The molecule has 1 saturated heterocycles. The van der Waals surface area contributed by atoms with E-state index in [0.717, 1.165) is 29.5 Å². The van der Waals surface area contributed by atoms with Gasteiger partial charge in [0.15, 0.2) is 15.6 Å². The Hall–Kier alpha value is -3.08. The molecule has 0 N–H and O–H groups in total. The number of hydrogen-bond donors (Lipinski definition) is 0. The van der Waals surface area contributed by atoms with Gasteiger partial charge < -0.3 is 14.5 Å². The summed E-state index contributed by atoms with van der Waals surface area (Å²) in [5, 5.41) is 0. The van der Waals surface area contributed by atoms with Crippen LogP contribution >= 0.6 is 0 Å². The molecule has 198 valence electrons. The lowest BCUT2D eigenvalue weighted by molar-refractivity contribution is -0.194. The molecule has 5 rings (SSSR count). The summed E-state index contributed by atoms with van der Waals surface area (Å²) < 4.78 is 69.9. The maximum absolute atomic E-state index is 13.4. The minimum Gasteiger partial charge on any atom is -0.492 e. The number of carbonyl (C=O) groups excluding carboxylic acids is 2. The van der Waals surface area contributed by atoms with Crippen LogP contribution < -0.4 is 9.64 Å². The molecule has 1 heterocycles. The van der Waals surface area contributed by atoms with E-state index in [-0.39, 0.29) is 34.8 Å². The van der Waals surface area contributed by atoms with E-state index in [4.69, 9.17) is 4.74 Å². The van der Waals surface area contributed by atoms with Crippen LogP contribution in [0.25, 0.3) is 0 Å². The van der Waals surface area contributed by atoms with Gasteiger partial charge in [-0.05, 0) is 61.2 Å². The van der Waals surface area contributed by atoms with Crippen molar-refractivity contribution in [3.05, 3.63) is 53.1 Å². The number of nitrogens with zero attached hydrogens (tertiary/aromatic N) is 2. The second-order valence-corrected chi connectivity index (χ2v) is 12.1. The van der Waals surface area contributed by atoms with Crippen LogP contribution in [0.4, 0.5) is 18.9 Å². The monoisotopic (exact) mass is 536 g/mol. The van der Waals surface area contributed by atoms with Crippen molar-refractivity contribution in [2.24, 2.45) is 5.41 Å². The zero-order valence-electron chi connectivity index (χ0n) is 20.3. The van der Waals surface area contributed by atoms with Crippen LogP contribution in [-0.4, -0.2) is 70.2 Å². The zero-order chi connectivity index (χ0) is 26.6. The van der Waals surface area contributed by atoms with Crippen LogP contribution in [0, 0.1) is 5.41 Å². The van der Waals surface area contributed by atoms with Crippen molar-refractivity contribution in [3.63, 3.8) is 0 Å². The Kier molecular flexibility index (Phi) is 6.24. The van der Waals surface area contributed by atoms with Gasteiger partial charge in [-0.3, -0.25) is 9.59 Å². The van der Waals surface area contributed by atoms with Crippen molar-refractivity contribution < 1.29 is 35.9 Å². The Bertz CT molecular complexity index is 1360. The van der Waals surface area contributed by atoms with E-state index >= 15 is 0 Å². The van der Waals surface area contributed by atoms with E-state index in [1.165, 1.54) is 18.2 Å². The molecule has 0 radical (unpaired) electrons. The average molecular weight is 537 g/mol. The predicted molar refractivity (Wildman–Crippen MR) is 130 cm³/mol. The predicted octanol–water partition coefficient (Wildman–Crippen LogP) is 3.90. The van der Waals surface area contributed by atoms with E-state index < -0.39 is 33.9 Å². The molecular weight excluding hydrogens is 509 g/mol. The van der Waals surface area contributed by atoms with Crippen molar-refractivity contribution in [2.45, 2.75) is 36.8 Å². The Morgan fingerprint density at radius 2 is 1.73 bits per heavy atom. The first kappa shape index (κ1) is 25.6. The molecule has 1 aliphatic heterocycles. The van der Waals surface area contributed by atoms with Gasteiger partial charge in [-0.25, -0.2) is 8.42 Å². The fraction of sp³-hybridized carbons (Fsp3) is 0.462. The second-order valence-electron chi connectivity index (χ2n) is 10.0. The van der Waals surface area contributed by atoms with Gasteiger partial charge in [0.25, 0.3) is 5.91 Å². The first-order chi connectivity index (χ1) is 17.4. The molecule has 0 spiro atoms. The third kappa shape index (κ3) is 4.93. The summed E-state index contributed by atoms with van der Waals surface area (Å²) in [6.45, 7) is 1.08. The smallest absolute Gasteiger partial charge is 0.397 e. The highest BCUT2D eigenvalue weighted by atomic mass is 32.2. The maximum Gasteiger partial charge on any atom is 0.397 e. The number of hydrogen-bond acceptors (Lipinski definition) is 6. The number of benzene rings is 2. The summed E-state index contributed by atoms with van der Waals surface area (Å²) in [6, 6.07) is 9.43. The molecule has 0 aromatic heterocycles. The first-order valence-corrected chi connectivity index (χ1v) is 14.0. The van der Waals surface area contributed by atoms with Gasteiger partial charge in [0, 0.05) is 50.1 Å². The van der Waals surface area contributed by atoms with Crippen LogP contribution in [0.3, 0.4) is 0 Å². The van der Waals surface area contributed by atoms with Crippen LogP contribution in [0.1, 0.15) is 45.5 Å². The van der Waals surface area contributed by atoms with Gasteiger partial charge in [-0.1, -0.05) is 0 Å². The number of piperazine rings is 1. The van der Waals surface area contributed by atoms with Crippen LogP contribution in [-0.2, 0) is 16.3 Å². The number of ether oxygens (including phenoxy) is 1. The van der Waals surface area contributed by atoms with Gasteiger partial charge in [0.05, 0.1) is 10.5 Å². The number of Topliss-reactive ketones (excluding diaryl/α,β-unsaturated/α-hetero) is 1. The number of alkyl halides is 3. The molecule has 0 bridgehead atoms. The van der Waals surface area contributed by atoms with Crippen molar-refractivity contribution >= 4 is 27.2 Å². The Balaban J connectivity index is 1.32. The molecule has 0 atom stereocenters. The summed E-state index contributed by atoms with van der Waals surface area (Å²) in [7, 11) is -3.65. The lowest BCUT2D eigenvalue weighted by Gasteiger charge is -2.36. The molecule has 2 aliphatic carbocycles. The molecule has 1 amide bonds. The van der Waals surface area contributed by atoms with Gasteiger partial charge in [0.2, 0.25) is 0 Å². The summed E-state index contributed by atoms with van der Waals surface area (Å²) in [4.78, 5) is 28.9. The number of sulfone groups is 1. The maximum atomic E-state index is 13.4. The highest BCUT2D eigenvalue weighted by molar-refractivity contribution is 7.90. The standard InChI is InChI=1S/C26H27F3N2O5S/c1-37(34,35)19-4-7-23(36-16-25(8-9-25)26(27,28)29)21(15-19)24(33)31-12-10-30(11-13-31)18-3-5-20-17(14-18)2-6-22(20)32/h3-5,7,14-15H,2,6,8-13,16H2,1H3. The quantitative estimate of drug-likeness (QED) is 0.557. The first-order valence-electron chi connectivity index (χ1n) is 12.1. The third-order valence-electron chi connectivity index (χ3n) is 7.51. The van der Waals surface area contributed by atoms with Crippen molar-refractivity contribution in [3.8, 4) is 5.75 Å². The fourth-order valence-corrected chi connectivity index (χ4v) is 5.53. The number of ketones is 1. The normalized spacial score (nSPS) is 19.1. The van der Waals surface area contributed by atoms with Crippen LogP contribution in [0.5, 0.6) is 5.75 Å². The van der Waals surface area contributed by atoms with E-state index in [1.807, 2.05) is 18.2 Å². The topological polar surface area (TPSA) is 84.0 Å². The summed E-state index contributed by atoms with van der Waals surface area (Å²) >= 11 is 0. The van der Waals surface area contributed by atoms with Gasteiger partial charge >= 0.3 is 6.18 Å². The van der Waals surface area contributed by atoms with Crippen LogP contribution in [0.2, 0.25) is 0 Å². The van der Waals surface area contributed by atoms with Gasteiger partial charge in [-0.2, -0.15) is 13.2 Å². The van der Waals surface area contributed by atoms with Crippen molar-refractivity contribution in [1.29, 1.82) is 0 Å². The largest absolute Gasteiger partial charge is 0.492 e. The summed E-state index contributed by atoms with van der Waals surface area (Å²) in [6.07, 6.45) is -2.26. The van der Waals surface area contributed by atoms with E-state index in [0.29, 0.717) is 32.6 Å². The molecule has 2 fully saturated rings. The molecule has 1 saturated carbocycles. The minimum atomic E-state index is -4.41. The second kappa shape index (κ2) is 9.04. The molecular formula is C26H27F3N2O5S. The van der Waals surface area contributed by atoms with E-state index in [1.54, 1.807) is 4.90 Å². The zero-order valence-corrected chi connectivity index (χ0v) is 21.1. The lowest BCUT2D eigenvalue weighted by atomic mass is 10.1. The fourth-order valence-electron chi connectivity index (χ4n) is 4.89. The number of carbonyl (C=O) groups is 2. The van der Waals surface area contributed by atoms with Crippen molar-refractivity contribution in [2.75, 3.05) is 43.9 Å². The SMILES string of the molecule is CS(=O)(=O)c1ccc(OCC2(C(F)(F)F)CC2)c(C(=O)N2CCN(c3ccc4c(c3)CCC4=O)CC2)c1. The number of amides is 1. The molecule has 7 nitrogen and oxygen atoms in total. The van der Waals surface area contributed by atoms with Crippen molar-refractivity contribution in [1.82, 2.24) is 4.90 Å². The number of aryl methyl sites for hydroxylation is 1. The lowest BCUT2D eigenvalue weighted by Crippen LogP contribution is -2.49. The number of anilines is 1. The Morgan fingerprint density at radius 1 is 1.03 bits per heavy atom. The molecule has 2 aromatic rings. The summed E-state index contributed by atoms with van der Waals surface area (Å²) in [5.41, 5.74) is 0.757. The number of rotatable bonds is 6. The molecule has 2 aromatic carbocycles. The number of halogens is 3. The van der Waals surface area contributed by atoms with Crippen LogP contribution in [0.15, 0.2) is 41.3 Å². The molecule has 37 heavy (non-hydrogen) atoms. The highest BCUT2D eigenvalue weighted by Gasteiger charge is 2.64. The van der Waals surface area contributed by atoms with Gasteiger partial charge in [0.1, 0.15) is 17.8 Å².